The topological polar surface area (TPSA) is 86.5 Å². The highest BCUT2D eigenvalue weighted by Gasteiger charge is 2.18. The summed E-state index contributed by atoms with van der Waals surface area (Å²) in [6, 6.07) is 14.4. The Balaban J connectivity index is 1.68. The number of halogens is 1. The lowest BCUT2D eigenvalue weighted by atomic mass is 10.1. The van der Waals surface area contributed by atoms with Gasteiger partial charge in [-0.1, -0.05) is 23.7 Å². The van der Waals surface area contributed by atoms with E-state index in [9.17, 15) is 9.90 Å². The van der Waals surface area contributed by atoms with Crippen molar-refractivity contribution in [3.63, 3.8) is 0 Å². The molecular weight excluding hydrogens is 418 g/mol. The molecule has 7 nitrogen and oxygen atoms in total. The van der Waals surface area contributed by atoms with Crippen molar-refractivity contribution in [1.29, 1.82) is 0 Å². The second kappa shape index (κ2) is 9.06. The lowest BCUT2D eigenvalue weighted by Gasteiger charge is -2.10. The largest absolute Gasteiger partial charge is 0.494 e. The summed E-state index contributed by atoms with van der Waals surface area (Å²) >= 11 is 5.84. The summed E-state index contributed by atoms with van der Waals surface area (Å²) in [5, 5.41) is 11.0. The van der Waals surface area contributed by atoms with Gasteiger partial charge in [-0.15, -0.1) is 0 Å². The number of carboxylic acids is 1. The van der Waals surface area contributed by atoms with E-state index in [4.69, 9.17) is 21.1 Å². The first-order chi connectivity index (χ1) is 15.1. The number of rotatable bonds is 8. The van der Waals surface area contributed by atoms with Gasteiger partial charge in [0.1, 0.15) is 18.1 Å². The maximum Gasteiger partial charge on any atom is 0.352 e. The molecule has 0 aliphatic rings. The Hall–Kier alpha value is -3.58. The van der Waals surface area contributed by atoms with Crippen LogP contribution in [0.4, 0.5) is 0 Å². The molecule has 0 atom stereocenters. The molecule has 8 heteroatoms. The van der Waals surface area contributed by atoms with Gasteiger partial charge in [0.25, 0.3) is 0 Å². The van der Waals surface area contributed by atoms with E-state index < -0.39 is 5.97 Å². The predicted molar refractivity (Wildman–Crippen MR) is 118 cm³/mol. The molecule has 4 rings (SSSR count). The molecule has 0 amide bonds. The van der Waals surface area contributed by atoms with Crippen molar-refractivity contribution in [1.82, 2.24) is 14.5 Å². The minimum Gasteiger partial charge on any atom is -0.494 e. The highest BCUT2D eigenvalue weighted by molar-refractivity contribution is 6.30. The fourth-order valence-electron chi connectivity index (χ4n) is 3.42. The van der Waals surface area contributed by atoms with Crippen LogP contribution < -0.4 is 9.47 Å². The monoisotopic (exact) mass is 437 g/mol. The average molecular weight is 438 g/mol. The number of benzene rings is 1. The second-order valence-corrected chi connectivity index (χ2v) is 7.14. The molecule has 0 aliphatic carbocycles. The Labute approximate surface area is 183 Å². The van der Waals surface area contributed by atoms with E-state index >= 15 is 0 Å². The van der Waals surface area contributed by atoms with Crippen LogP contribution in [0.5, 0.6) is 11.6 Å². The quantitative estimate of drug-likeness (QED) is 0.420. The van der Waals surface area contributed by atoms with Crippen LogP contribution in [-0.4, -0.2) is 38.8 Å². The second-order valence-electron chi connectivity index (χ2n) is 6.70. The Kier molecular flexibility index (Phi) is 6.04. The summed E-state index contributed by atoms with van der Waals surface area (Å²) in [7, 11) is 0. The van der Waals surface area contributed by atoms with Crippen LogP contribution in [0.1, 0.15) is 17.4 Å². The number of carbonyl (C=O) groups is 1. The van der Waals surface area contributed by atoms with Crippen molar-refractivity contribution in [3.05, 3.63) is 71.6 Å². The van der Waals surface area contributed by atoms with Crippen molar-refractivity contribution >= 4 is 28.5 Å². The van der Waals surface area contributed by atoms with Gasteiger partial charge in [-0.2, -0.15) is 0 Å². The highest BCUT2D eigenvalue weighted by atomic mass is 35.5. The van der Waals surface area contributed by atoms with E-state index in [1.165, 1.54) is 6.20 Å². The third-order valence-electron chi connectivity index (χ3n) is 4.73. The van der Waals surface area contributed by atoms with Gasteiger partial charge in [-0.05, 0) is 37.3 Å². The van der Waals surface area contributed by atoms with Crippen LogP contribution in [0, 0.1) is 0 Å². The van der Waals surface area contributed by atoms with E-state index in [0.29, 0.717) is 29.7 Å². The molecule has 158 valence electrons. The van der Waals surface area contributed by atoms with Crippen LogP contribution in [0.25, 0.3) is 22.2 Å². The number of aromatic nitrogens is 3. The van der Waals surface area contributed by atoms with Gasteiger partial charge in [0.15, 0.2) is 0 Å². The molecule has 1 N–H and O–H groups in total. The molecule has 0 fully saturated rings. The normalized spacial score (nSPS) is 10.9. The molecule has 0 radical (unpaired) electrons. The minimum atomic E-state index is -1.02. The number of hydrogen-bond acceptors (Lipinski definition) is 5. The lowest BCUT2D eigenvalue weighted by molar-refractivity contribution is 0.0684. The molecule has 3 aromatic heterocycles. The van der Waals surface area contributed by atoms with Gasteiger partial charge < -0.3 is 19.1 Å². The molecule has 0 bridgehead atoms. The zero-order valence-corrected chi connectivity index (χ0v) is 17.5. The average Bonchev–Trinajstić information content (AvgIpc) is 3.15. The first-order valence-corrected chi connectivity index (χ1v) is 10.1. The number of pyridine rings is 2. The summed E-state index contributed by atoms with van der Waals surface area (Å²) < 4.78 is 13.0. The fraction of sp³-hybridized carbons (Fsp3) is 0.174. The molecule has 0 aliphatic heterocycles. The molecule has 1 aromatic carbocycles. The summed E-state index contributed by atoms with van der Waals surface area (Å²) in [5.41, 5.74) is 2.47. The van der Waals surface area contributed by atoms with Crippen LogP contribution in [0.3, 0.4) is 0 Å². The summed E-state index contributed by atoms with van der Waals surface area (Å²) in [5.74, 6) is 0.142. The Morgan fingerprint density at radius 2 is 2.00 bits per heavy atom. The van der Waals surface area contributed by atoms with E-state index in [2.05, 4.69) is 9.97 Å². The van der Waals surface area contributed by atoms with Crippen molar-refractivity contribution in [2.45, 2.75) is 13.5 Å². The standard InChI is InChI=1S/C23H20ClN3O4/c1-2-30-17-5-3-4-15(12-17)22-18-13-20(23(28)29)27(19(18)8-9-25-22)10-11-31-21-7-6-16(24)14-26-21/h3-9,12-14H,2,10-11H2,1H3,(H,28,29). The number of ether oxygens (including phenoxy) is 2. The minimum absolute atomic E-state index is 0.165. The van der Waals surface area contributed by atoms with Crippen molar-refractivity contribution in [2.75, 3.05) is 13.2 Å². The van der Waals surface area contributed by atoms with Crippen LogP contribution in [0.2, 0.25) is 5.02 Å². The molecule has 4 aromatic rings. The van der Waals surface area contributed by atoms with Gasteiger partial charge >= 0.3 is 5.97 Å². The van der Waals surface area contributed by atoms with Crippen molar-refractivity contribution in [2.24, 2.45) is 0 Å². The van der Waals surface area contributed by atoms with Gasteiger partial charge in [-0.25, -0.2) is 9.78 Å². The fourth-order valence-corrected chi connectivity index (χ4v) is 3.53. The molecule has 0 saturated carbocycles. The summed E-state index contributed by atoms with van der Waals surface area (Å²) in [6.45, 7) is 3.06. The molecule has 31 heavy (non-hydrogen) atoms. The zero-order valence-electron chi connectivity index (χ0n) is 16.8. The van der Waals surface area contributed by atoms with E-state index in [0.717, 1.165) is 22.2 Å². The van der Waals surface area contributed by atoms with Crippen LogP contribution in [-0.2, 0) is 6.54 Å². The lowest BCUT2D eigenvalue weighted by Crippen LogP contribution is -2.14. The number of fused-ring (bicyclic) bond motifs is 1. The summed E-state index contributed by atoms with van der Waals surface area (Å²) in [4.78, 5) is 20.5. The smallest absolute Gasteiger partial charge is 0.352 e. The number of carboxylic acid groups (broad SMARTS) is 1. The Bertz CT molecular complexity index is 1220. The molecule has 0 unspecified atom stereocenters. The van der Waals surface area contributed by atoms with Crippen LogP contribution >= 0.6 is 11.6 Å². The van der Waals surface area contributed by atoms with Gasteiger partial charge in [0.2, 0.25) is 5.88 Å². The van der Waals surface area contributed by atoms with Crippen molar-refractivity contribution < 1.29 is 19.4 Å². The van der Waals surface area contributed by atoms with E-state index in [1.807, 2.05) is 31.2 Å². The SMILES string of the molecule is CCOc1cccc(-c2nccc3c2cc(C(=O)O)n3CCOc2ccc(Cl)cn2)c1. The first-order valence-electron chi connectivity index (χ1n) is 9.76. The number of nitrogens with zero attached hydrogens (tertiary/aromatic N) is 3. The molecule has 0 spiro atoms. The van der Waals surface area contributed by atoms with Crippen LogP contribution in [0.15, 0.2) is 60.9 Å². The number of hydrogen-bond donors (Lipinski definition) is 1. The molecule has 3 heterocycles. The van der Waals surface area contributed by atoms with Gasteiger partial charge in [0.05, 0.1) is 29.4 Å². The van der Waals surface area contributed by atoms with Gasteiger partial charge in [0, 0.05) is 29.4 Å². The molecule has 0 saturated heterocycles. The van der Waals surface area contributed by atoms with Crippen molar-refractivity contribution in [3.8, 4) is 22.9 Å². The number of aromatic carboxylic acids is 1. The van der Waals surface area contributed by atoms with E-state index in [-0.39, 0.29) is 12.3 Å². The van der Waals surface area contributed by atoms with Gasteiger partial charge in [-0.3, -0.25) is 4.98 Å². The third kappa shape index (κ3) is 4.46. The predicted octanol–water partition coefficient (Wildman–Crippen LogP) is 4.93. The molecular formula is C23H20ClN3O4. The maximum atomic E-state index is 11.9. The van der Waals surface area contributed by atoms with E-state index in [1.54, 1.807) is 35.0 Å². The highest BCUT2D eigenvalue weighted by Crippen LogP contribution is 2.31. The maximum absolute atomic E-state index is 11.9. The zero-order chi connectivity index (χ0) is 21.8. The third-order valence-corrected chi connectivity index (χ3v) is 4.96. The first kappa shape index (κ1) is 20.7. The summed E-state index contributed by atoms with van der Waals surface area (Å²) in [6.07, 6.45) is 3.17. The Morgan fingerprint density at radius 3 is 2.74 bits per heavy atom. The Morgan fingerprint density at radius 1 is 1.13 bits per heavy atom.